The molecule has 1 aromatic rings. The molecule has 4 nitrogen and oxygen atoms in total. The third-order valence-corrected chi connectivity index (χ3v) is 3.84. The van der Waals surface area contributed by atoms with Crippen LogP contribution < -0.4 is 10.6 Å². The standard InChI is InChI=1S/C16H24N2O2/c1-12-6-3-4-7-14(12)10-18-16(19)11-17-13(2)15-8-5-9-20-15/h3-4,6-7,13,15,17H,5,8-11H2,1-2H3,(H,18,19)/t13-,15-/m1/s1. The second kappa shape index (κ2) is 7.41. The van der Waals surface area contributed by atoms with Crippen LogP contribution in [0.25, 0.3) is 0 Å². The van der Waals surface area contributed by atoms with Gasteiger partial charge in [0.25, 0.3) is 0 Å². The molecule has 110 valence electrons. The minimum Gasteiger partial charge on any atom is -0.377 e. The number of benzene rings is 1. The molecule has 0 radical (unpaired) electrons. The van der Waals surface area contributed by atoms with Gasteiger partial charge in [-0.15, -0.1) is 0 Å². The molecule has 2 N–H and O–H groups in total. The summed E-state index contributed by atoms with van der Waals surface area (Å²) in [6.45, 7) is 5.90. The van der Waals surface area contributed by atoms with E-state index < -0.39 is 0 Å². The fraction of sp³-hybridized carbons (Fsp3) is 0.562. The molecule has 1 saturated heterocycles. The lowest BCUT2D eigenvalue weighted by atomic mass is 10.1. The van der Waals surface area contributed by atoms with Crippen molar-refractivity contribution < 1.29 is 9.53 Å². The maximum atomic E-state index is 11.8. The topological polar surface area (TPSA) is 50.4 Å². The highest BCUT2D eigenvalue weighted by Gasteiger charge is 2.22. The van der Waals surface area contributed by atoms with Crippen LogP contribution in [0.1, 0.15) is 30.9 Å². The quantitative estimate of drug-likeness (QED) is 0.832. The van der Waals surface area contributed by atoms with Crippen LogP contribution in [0.4, 0.5) is 0 Å². The van der Waals surface area contributed by atoms with Crippen molar-refractivity contribution in [2.75, 3.05) is 13.2 Å². The molecule has 2 atom stereocenters. The molecule has 0 aromatic heterocycles. The average molecular weight is 276 g/mol. The van der Waals surface area contributed by atoms with Gasteiger partial charge in [-0.3, -0.25) is 4.79 Å². The van der Waals surface area contributed by atoms with Crippen molar-refractivity contribution in [2.24, 2.45) is 0 Å². The summed E-state index contributed by atoms with van der Waals surface area (Å²) in [7, 11) is 0. The first-order chi connectivity index (χ1) is 9.66. The third kappa shape index (κ3) is 4.32. The van der Waals surface area contributed by atoms with Crippen molar-refractivity contribution in [3.63, 3.8) is 0 Å². The smallest absolute Gasteiger partial charge is 0.234 e. The molecule has 0 aliphatic carbocycles. The van der Waals surface area contributed by atoms with E-state index in [0.717, 1.165) is 25.0 Å². The number of aryl methyl sites for hydroxylation is 1. The lowest BCUT2D eigenvalue weighted by Crippen LogP contribution is -2.43. The number of nitrogens with one attached hydrogen (secondary N) is 2. The fourth-order valence-electron chi connectivity index (χ4n) is 2.45. The maximum Gasteiger partial charge on any atom is 0.234 e. The van der Waals surface area contributed by atoms with E-state index in [1.54, 1.807) is 0 Å². The minimum atomic E-state index is 0.0260. The molecule has 2 rings (SSSR count). The molecule has 1 aromatic carbocycles. The van der Waals surface area contributed by atoms with E-state index in [0.29, 0.717) is 13.1 Å². The number of carbonyl (C=O) groups excluding carboxylic acids is 1. The lowest BCUT2D eigenvalue weighted by Gasteiger charge is -2.19. The number of ether oxygens (including phenoxy) is 1. The zero-order valence-corrected chi connectivity index (χ0v) is 12.3. The summed E-state index contributed by atoms with van der Waals surface area (Å²) < 4.78 is 5.60. The van der Waals surface area contributed by atoms with Crippen LogP contribution in [0.15, 0.2) is 24.3 Å². The highest BCUT2D eigenvalue weighted by atomic mass is 16.5. The van der Waals surface area contributed by atoms with Crippen molar-refractivity contribution in [3.8, 4) is 0 Å². The van der Waals surface area contributed by atoms with Gasteiger partial charge in [0.1, 0.15) is 0 Å². The van der Waals surface area contributed by atoms with E-state index in [2.05, 4.69) is 30.5 Å². The van der Waals surface area contributed by atoms with E-state index in [9.17, 15) is 4.79 Å². The summed E-state index contributed by atoms with van der Waals surface area (Å²) in [6, 6.07) is 8.32. The second-order valence-corrected chi connectivity index (χ2v) is 5.42. The number of hydrogen-bond donors (Lipinski definition) is 2. The van der Waals surface area contributed by atoms with E-state index in [1.165, 1.54) is 5.56 Å². The Bertz CT molecular complexity index is 442. The van der Waals surface area contributed by atoms with E-state index in [1.807, 2.05) is 18.2 Å². The highest BCUT2D eigenvalue weighted by molar-refractivity contribution is 5.78. The highest BCUT2D eigenvalue weighted by Crippen LogP contribution is 2.15. The molecule has 1 fully saturated rings. The fourth-order valence-corrected chi connectivity index (χ4v) is 2.45. The summed E-state index contributed by atoms with van der Waals surface area (Å²) in [5.74, 6) is 0.0260. The number of hydrogen-bond acceptors (Lipinski definition) is 3. The van der Waals surface area contributed by atoms with Crippen LogP contribution in [0, 0.1) is 6.92 Å². The monoisotopic (exact) mass is 276 g/mol. The van der Waals surface area contributed by atoms with Crippen molar-refractivity contribution in [1.82, 2.24) is 10.6 Å². The zero-order chi connectivity index (χ0) is 14.4. The van der Waals surface area contributed by atoms with Gasteiger partial charge in [-0.05, 0) is 37.8 Å². The van der Waals surface area contributed by atoms with Gasteiger partial charge in [-0.2, -0.15) is 0 Å². The summed E-state index contributed by atoms with van der Waals surface area (Å²) >= 11 is 0. The molecule has 1 aliphatic heterocycles. The molecular formula is C16H24N2O2. The summed E-state index contributed by atoms with van der Waals surface area (Å²) in [5.41, 5.74) is 2.36. The Balaban J connectivity index is 1.69. The van der Waals surface area contributed by atoms with Crippen molar-refractivity contribution in [2.45, 2.75) is 45.4 Å². The molecule has 1 amide bonds. The zero-order valence-electron chi connectivity index (χ0n) is 12.3. The molecule has 1 heterocycles. The van der Waals surface area contributed by atoms with Gasteiger partial charge in [-0.25, -0.2) is 0 Å². The van der Waals surface area contributed by atoms with Crippen LogP contribution in [-0.2, 0) is 16.1 Å². The van der Waals surface area contributed by atoms with E-state index >= 15 is 0 Å². The Morgan fingerprint density at radius 3 is 2.95 bits per heavy atom. The first-order valence-corrected chi connectivity index (χ1v) is 7.33. The molecule has 4 heteroatoms. The SMILES string of the molecule is Cc1ccccc1CNC(=O)CN[C@H](C)[C@H]1CCCO1. The Hall–Kier alpha value is -1.39. The van der Waals surface area contributed by atoms with Crippen LogP contribution in [0.2, 0.25) is 0 Å². The molecule has 0 unspecified atom stereocenters. The predicted molar refractivity (Wildman–Crippen MR) is 79.5 cm³/mol. The average Bonchev–Trinajstić information content (AvgIpc) is 2.98. The van der Waals surface area contributed by atoms with Gasteiger partial charge in [0.15, 0.2) is 0 Å². The molecule has 0 saturated carbocycles. The Kier molecular flexibility index (Phi) is 5.56. The third-order valence-electron chi connectivity index (χ3n) is 3.84. The van der Waals surface area contributed by atoms with Gasteiger partial charge in [-0.1, -0.05) is 24.3 Å². The van der Waals surface area contributed by atoms with Crippen molar-refractivity contribution >= 4 is 5.91 Å². The van der Waals surface area contributed by atoms with Crippen molar-refractivity contribution in [3.05, 3.63) is 35.4 Å². The summed E-state index contributed by atoms with van der Waals surface area (Å²) in [4.78, 5) is 11.8. The first-order valence-electron chi connectivity index (χ1n) is 7.33. The van der Waals surface area contributed by atoms with Crippen LogP contribution in [-0.4, -0.2) is 31.2 Å². The van der Waals surface area contributed by atoms with Crippen LogP contribution >= 0.6 is 0 Å². The van der Waals surface area contributed by atoms with Gasteiger partial charge in [0.2, 0.25) is 5.91 Å². The van der Waals surface area contributed by atoms with Gasteiger partial charge in [0.05, 0.1) is 12.6 Å². The second-order valence-electron chi connectivity index (χ2n) is 5.42. The van der Waals surface area contributed by atoms with E-state index in [-0.39, 0.29) is 18.1 Å². The maximum absolute atomic E-state index is 11.8. The number of amides is 1. The van der Waals surface area contributed by atoms with Crippen molar-refractivity contribution in [1.29, 1.82) is 0 Å². The Morgan fingerprint density at radius 1 is 1.45 bits per heavy atom. The largest absolute Gasteiger partial charge is 0.377 e. The Labute approximate surface area is 120 Å². The molecular weight excluding hydrogens is 252 g/mol. The van der Waals surface area contributed by atoms with Gasteiger partial charge in [0, 0.05) is 19.2 Å². The van der Waals surface area contributed by atoms with Gasteiger partial charge < -0.3 is 15.4 Å². The molecule has 0 bridgehead atoms. The predicted octanol–water partition coefficient (Wildman–Crippen LogP) is 1.77. The first kappa shape index (κ1) is 15.0. The molecule has 0 spiro atoms. The molecule has 1 aliphatic rings. The lowest BCUT2D eigenvalue weighted by molar-refractivity contribution is -0.120. The molecule has 20 heavy (non-hydrogen) atoms. The number of carbonyl (C=O) groups is 1. The van der Waals surface area contributed by atoms with E-state index in [4.69, 9.17) is 4.74 Å². The van der Waals surface area contributed by atoms with Crippen LogP contribution in [0.3, 0.4) is 0 Å². The normalized spacial score (nSPS) is 19.8. The summed E-state index contributed by atoms with van der Waals surface area (Å²) in [6.07, 6.45) is 2.45. The Morgan fingerprint density at radius 2 is 2.25 bits per heavy atom. The minimum absolute atomic E-state index is 0.0260. The summed E-state index contributed by atoms with van der Waals surface area (Å²) in [5, 5.41) is 6.18. The van der Waals surface area contributed by atoms with Gasteiger partial charge >= 0.3 is 0 Å². The van der Waals surface area contributed by atoms with Crippen LogP contribution in [0.5, 0.6) is 0 Å². The number of rotatable bonds is 6.